The third kappa shape index (κ3) is 3.52. The lowest BCUT2D eigenvalue weighted by Crippen LogP contribution is -2.49. The van der Waals surface area contributed by atoms with Crippen molar-refractivity contribution < 1.29 is 0 Å². The number of likely N-dealkylation sites (N-methyl/N-ethyl adjacent to an activating group) is 1. The summed E-state index contributed by atoms with van der Waals surface area (Å²) in [5, 5.41) is 4.32. The summed E-state index contributed by atoms with van der Waals surface area (Å²) in [7, 11) is 2.22. The highest BCUT2D eigenvalue weighted by atomic mass is 15.3. The molecule has 0 N–H and O–H groups in total. The molecule has 1 aliphatic rings. The topological polar surface area (TPSA) is 24.3 Å². The van der Waals surface area contributed by atoms with Crippen LogP contribution in [0.2, 0.25) is 0 Å². The number of hydrogen-bond acceptors (Lipinski definition) is 3. The van der Waals surface area contributed by atoms with Crippen molar-refractivity contribution in [3.63, 3.8) is 0 Å². The standard InChI is InChI=1S/C17H24N4/c1-15-12-20(11-10-19(15)2)13-16-6-3-4-7-17(16)14-21-9-5-8-18-21/h3-9,15H,10-14H2,1-2H3/t15-/m1/s1. The van der Waals surface area contributed by atoms with Gasteiger partial charge in [-0.1, -0.05) is 24.3 Å². The molecule has 112 valence electrons. The predicted molar refractivity (Wildman–Crippen MR) is 85.1 cm³/mol. The van der Waals surface area contributed by atoms with Crippen molar-refractivity contribution in [3.8, 4) is 0 Å². The molecule has 1 aliphatic heterocycles. The number of aromatic nitrogens is 2. The Bertz CT molecular complexity index is 564. The van der Waals surface area contributed by atoms with Gasteiger partial charge in [0.15, 0.2) is 0 Å². The normalized spacial score (nSPS) is 20.8. The van der Waals surface area contributed by atoms with E-state index in [9.17, 15) is 0 Å². The lowest BCUT2D eigenvalue weighted by Gasteiger charge is -2.38. The lowest BCUT2D eigenvalue weighted by atomic mass is 10.1. The van der Waals surface area contributed by atoms with Crippen LogP contribution in [-0.2, 0) is 13.1 Å². The fraction of sp³-hybridized carbons (Fsp3) is 0.471. The molecule has 1 aromatic carbocycles. The molecule has 4 heteroatoms. The Morgan fingerprint density at radius 3 is 2.52 bits per heavy atom. The molecular formula is C17H24N4. The molecule has 0 radical (unpaired) electrons. The first-order valence-electron chi connectivity index (χ1n) is 7.69. The van der Waals surface area contributed by atoms with Gasteiger partial charge in [0.05, 0.1) is 6.54 Å². The molecule has 1 aromatic heterocycles. The second-order valence-electron chi connectivity index (χ2n) is 6.04. The van der Waals surface area contributed by atoms with Crippen molar-refractivity contribution >= 4 is 0 Å². The molecule has 1 fully saturated rings. The summed E-state index contributed by atoms with van der Waals surface area (Å²) >= 11 is 0. The van der Waals surface area contributed by atoms with Crippen LogP contribution in [0.15, 0.2) is 42.7 Å². The summed E-state index contributed by atoms with van der Waals surface area (Å²) in [6.07, 6.45) is 3.86. The van der Waals surface area contributed by atoms with Crippen molar-refractivity contribution in [2.45, 2.75) is 26.1 Å². The zero-order valence-corrected chi connectivity index (χ0v) is 12.9. The molecule has 21 heavy (non-hydrogen) atoms. The number of benzene rings is 1. The van der Waals surface area contributed by atoms with Crippen LogP contribution in [0.25, 0.3) is 0 Å². The molecule has 1 atom stereocenters. The highest BCUT2D eigenvalue weighted by Gasteiger charge is 2.21. The molecule has 3 rings (SSSR count). The first kappa shape index (κ1) is 14.3. The maximum atomic E-state index is 4.32. The monoisotopic (exact) mass is 284 g/mol. The van der Waals surface area contributed by atoms with Gasteiger partial charge in [-0.05, 0) is 31.2 Å². The van der Waals surface area contributed by atoms with E-state index < -0.39 is 0 Å². The highest BCUT2D eigenvalue weighted by molar-refractivity contribution is 5.27. The smallest absolute Gasteiger partial charge is 0.0662 e. The molecule has 2 aromatic rings. The molecule has 0 saturated carbocycles. The van der Waals surface area contributed by atoms with Gasteiger partial charge in [0.25, 0.3) is 0 Å². The Hall–Kier alpha value is -1.65. The average molecular weight is 284 g/mol. The third-order valence-electron chi connectivity index (χ3n) is 4.45. The van der Waals surface area contributed by atoms with Crippen LogP contribution in [0.3, 0.4) is 0 Å². The maximum Gasteiger partial charge on any atom is 0.0662 e. The molecule has 0 amide bonds. The first-order chi connectivity index (χ1) is 10.2. The van der Waals surface area contributed by atoms with Gasteiger partial charge in [-0.2, -0.15) is 5.10 Å². The van der Waals surface area contributed by atoms with Crippen LogP contribution in [0, 0.1) is 0 Å². The summed E-state index contributed by atoms with van der Waals surface area (Å²) in [6.45, 7) is 7.65. The second kappa shape index (κ2) is 6.41. The van der Waals surface area contributed by atoms with E-state index in [0.29, 0.717) is 6.04 Å². The molecule has 0 bridgehead atoms. The highest BCUT2D eigenvalue weighted by Crippen LogP contribution is 2.16. The number of piperazine rings is 1. The van der Waals surface area contributed by atoms with Crippen LogP contribution in [-0.4, -0.2) is 52.3 Å². The zero-order chi connectivity index (χ0) is 14.7. The summed E-state index contributed by atoms with van der Waals surface area (Å²) in [4.78, 5) is 5.00. The summed E-state index contributed by atoms with van der Waals surface area (Å²) in [6, 6.07) is 11.3. The minimum atomic E-state index is 0.636. The molecule has 1 saturated heterocycles. The van der Waals surface area contributed by atoms with E-state index in [-0.39, 0.29) is 0 Å². The number of rotatable bonds is 4. The van der Waals surface area contributed by atoms with Gasteiger partial charge >= 0.3 is 0 Å². The van der Waals surface area contributed by atoms with Crippen LogP contribution in [0.4, 0.5) is 0 Å². The van der Waals surface area contributed by atoms with Crippen LogP contribution >= 0.6 is 0 Å². The van der Waals surface area contributed by atoms with E-state index in [4.69, 9.17) is 0 Å². The van der Waals surface area contributed by atoms with Crippen LogP contribution in [0.5, 0.6) is 0 Å². The van der Waals surface area contributed by atoms with Gasteiger partial charge in [0.1, 0.15) is 0 Å². The van der Waals surface area contributed by atoms with E-state index in [0.717, 1.165) is 32.7 Å². The summed E-state index contributed by atoms with van der Waals surface area (Å²) in [5.74, 6) is 0. The lowest BCUT2D eigenvalue weighted by molar-refractivity contribution is 0.0997. The van der Waals surface area contributed by atoms with Crippen LogP contribution in [0.1, 0.15) is 18.1 Å². The third-order valence-corrected chi connectivity index (χ3v) is 4.45. The van der Waals surface area contributed by atoms with E-state index in [1.54, 1.807) is 0 Å². The quantitative estimate of drug-likeness (QED) is 0.859. The van der Waals surface area contributed by atoms with Crippen molar-refractivity contribution in [2.75, 3.05) is 26.7 Å². The van der Waals surface area contributed by atoms with Crippen molar-refractivity contribution in [3.05, 3.63) is 53.9 Å². The van der Waals surface area contributed by atoms with E-state index in [1.165, 1.54) is 11.1 Å². The second-order valence-corrected chi connectivity index (χ2v) is 6.04. The van der Waals surface area contributed by atoms with E-state index in [1.807, 2.05) is 23.1 Å². The van der Waals surface area contributed by atoms with Gasteiger partial charge < -0.3 is 4.90 Å². The zero-order valence-electron chi connectivity index (χ0n) is 12.9. The summed E-state index contributed by atoms with van der Waals surface area (Å²) < 4.78 is 1.99. The predicted octanol–water partition coefficient (Wildman–Crippen LogP) is 2.07. The fourth-order valence-electron chi connectivity index (χ4n) is 2.94. The Balaban J connectivity index is 1.70. The van der Waals surface area contributed by atoms with Gasteiger partial charge in [-0.15, -0.1) is 0 Å². The van der Waals surface area contributed by atoms with Crippen molar-refractivity contribution in [2.24, 2.45) is 0 Å². The first-order valence-corrected chi connectivity index (χ1v) is 7.69. The van der Waals surface area contributed by atoms with E-state index >= 15 is 0 Å². The molecule has 2 heterocycles. The van der Waals surface area contributed by atoms with Crippen molar-refractivity contribution in [1.29, 1.82) is 0 Å². The molecule has 0 unspecified atom stereocenters. The van der Waals surface area contributed by atoms with Crippen molar-refractivity contribution in [1.82, 2.24) is 19.6 Å². The number of hydrogen-bond donors (Lipinski definition) is 0. The largest absolute Gasteiger partial charge is 0.301 e. The Kier molecular flexibility index (Phi) is 4.36. The minimum Gasteiger partial charge on any atom is -0.301 e. The molecule has 0 aliphatic carbocycles. The Morgan fingerprint density at radius 2 is 1.86 bits per heavy atom. The maximum absolute atomic E-state index is 4.32. The molecule has 0 spiro atoms. The fourth-order valence-corrected chi connectivity index (χ4v) is 2.94. The average Bonchev–Trinajstić information content (AvgIpc) is 2.98. The number of nitrogens with zero attached hydrogens (tertiary/aromatic N) is 4. The molecular weight excluding hydrogens is 260 g/mol. The van der Waals surface area contributed by atoms with Crippen LogP contribution < -0.4 is 0 Å². The van der Waals surface area contributed by atoms with E-state index in [2.05, 4.69) is 53.1 Å². The van der Waals surface area contributed by atoms with Gasteiger partial charge in [0, 0.05) is 44.6 Å². The van der Waals surface area contributed by atoms with Gasteiger partial charge in [-0.3, -0.25) is 9.58 Å². The Morgan fingerprint density at radius 1 is 1.10 bits per heavy atom. The van der Waals surface area contributed by atoms with Gasteiger partial charge in [0.2, 0.25) is 0 Å². The van der Waals surface area contributed by atoms with Gasteiger partial charge in [-0.25, -0.2) is 0 Å². The summed E-state index contributed by atoms with van der Waals surface area (Å²) in [5.41, 5.74) is 2.79. The SMILES string of the molecule is C[C@@H]1CN(Cc2ccccc2Cn2cccn2)CCN1C. The molecule has 4 nitrogen and oxygen atoms in total. The Labute approximate surface area is 127 Å². The minimum absolute atomic E-state index is 0.636.